The minimum absolute atomic E-state index is 0.497. The summed E-state index contributed by atoms with van der Waals surface area (Å²) in [7, 11) is 0. The highest BCUT2D eigenvalue weighted by atomic mass is 16.5. The maximum atomic E-state index is 11.4. The summed E-state index contributed by atoms with van der Waals surface area (Å²) in [5, 5.41) is 8.42. The van der Waals surface area contributed by atoms with Crippen LogP contribution in [0.4, 0.5) is 0 Å². The van der Waals surface area contributed by atoms with Crippen LogP contribution in [0.2, 0.25) is 0 Å². The third-order valence-electron chi connectivity index (χ3n) is 2.54. The quantitative estimate of drug-likeness (QED) is 0.493. The van der Waals surface area contributed by atoms with E-state index in [-0.39, 0.29) is 0 Å². The van der Waals surface area contributed by atoms with Gasteiger partial charge in [-0.15, -0.1) is 0 Å². The number of hydrogen-bond donors (Lipinski definition) is 1. The molecule has 0 aliphatic heterocycles. The predicted molar refractivity (Wildman–Crippen MR) is 67.6 cm³/mol. The molecule has 0 saturated heterocycles. The van der Waals surface area contributed by atoms with Crippen molar-refractivity contribution in [2.75, 3.05) is 0 Å². The number of carbonyl (C=O) groups excluding carboxylic acids is 1. The van der Waals surface area contributed by atoms with Crippen molar-refractivity contribution < 1.29 is 19.4 Å². The Balaban J connectivity index is 2.90. The molecule has 1 aromatic rings. The number of esters is 1. The molecular formula is C14H16O4. The number of benzene rings is 1. The topological polar surface area (TPSA) is 63.6 Å². The fourth-order valence-electron chi connectivity index (χ4n) is 1.72. The Kier molecular flexibility index (Phi) is 5.11. The van der Waals surface area contributed by atoms with E-state index in [4.69, 9.17) is 9.84 Å². The third-order valence-corrected chi connectivity index (χ3v) is 2.54. The second-order valence-corrected chi connectivity index (χ2v) is 3.69. The molecule has 0 aliphatic carbocycles. The van der Waals surface area contributed by atoms with Crippen LogP contribution in [0.25, 0.3) is 0 Å². The fraction of sp³-hybridized carbons (Fsp3) is 0.286. The molecule has 0 spiro atoms. The number of carboxylic acid groups (broad SMARTS) is 1. The van der Waals surface area contributed by atoms with Crippen molar-refractivity contribution in [2.24, 2.45) is 0 Å². The fourth-order valence-corrected chi connectivity index (χ4v) is 1.72. The van der Waals surface area contributed by atoms with Crippen LogP contribution >= 0.6 is 0 Å². The van der Waals surface area contributed by atoms with Crippen molar-refractivity contribution in [2.45, 2.75) is 26.7 Å². The molecule has 1 aromatic carbocycles. The lowest BCUT2D eigenvalue weighted by Crippen LogP contribution is -2.07. The van der Waals surface area contributed by atoms with Crippen LogP contribution in [0.3, 0.4) is 0 Å². The lowest BCUT2D eigenvalue weighted by atomic mass is 10.0. The molecule has 0 fully saturated rings. The number of aliphatic carboxylic acids is 1. The van der Waals surface area contributed by atoms with Crippen molar-refractivity contribution in [3.63, 3.8) is 0 Å². The first-order chi connectivity index (χ1) is 8.58. The second kappa shape index (κ2) is 6.59. The average molecular weight is 248 g/mol. The molecule has 0 bridgehead atoms. The summed E-state index contributed by atoms with van der Waals surface area (Å²) < 4.78 is 5.14. The van der Waals surface area contributed by atoms with E-state index in [0.717, 1.165) is 36.1 Å². The number of carboxylic acids is 1. The smallest absolute Gasteiger partial charge is 0.336 e. The van der Waals surface area contributed by atoms with E-state index >= 15 is 0 Å². The Morgan fingerprint density at radius 2 is 1.94 bits per heavy atom. The number of aryl methyl sites for hydroxylation is 1. The lowest BCUT2D eigenvalue weighted by Gasteiger charge is -2.11. The molecule has 0 aliphatic rings. The summed E-state index contributed by atoms with van der Waals surface area (Å²) in [6, 6.07) is 5.52. The van der Waals surface area contributed by atoms with Crippen LogP contribution in [0, 0.1) is 0 Å². The Bertz CT molecular complexity index is 475. The number of carbonyl (C=O) groups is 2. The molecule has 0 saturated carbocycles. The highest BCUT2D eigenvalue weighted by Gasteiger charge is 2.09. The van der Waals surface area contributed by atoms with E-state index in [0.29, 0.717) is 5.75 Å². The average Bonchev–Trinajstić information content (AvgIpc) is 2.36. The first-order valence-electron chi connectivity index (χ1n) is 5.82. The van der Waals surface area contributed by atoms with Gasteiger partial charge in [-0.2, -0.15) is 0 Å². The molecule has 0 amide bonds. The highest BCUT2D eigenvalue weighted by Crippen LogP contribution is 2.23. The summed E-state index contributed by atoms with van der Waals surface area (Å²) in [4.78, 5) is 21.7. The van der Waals surface area contributed by atoms with Crippen molar-refractivity contribution in [1.29, 1.82) is 0 Å². The van der Waals surface area contributed by atoms with Crippen LogP contribution in [0.1, 0.15) is 25.0 Å². The summed E-state index contributed by atoms with van der Waals surface area (Å²) in [5.74, 6) is -1.36. The summed E-state index contributed by atoms with van der Waals surface area (Å²) in [6.07, 6.45) is 3.28. The van der Waals surface area contributed by atoms with Crippen LogP contribution in [0.5, 0.6) is 5.75 Å². The zero-order chi connectivity index (χ0) is 13.5. The molecule has 1 rings (SSSR count). The van der Waals surface area contributed by atoms with Crippen molar-refractivity contribution in [1.82, 2.24) is 0 Å². The summed E-state index contributed by atoms with van der Waals surface area (Å²) >= 11 is 0. The predicted octanol–water partition coefficient (Wildman–Crippen LogP) is 2.36. The number of rotatable bonds is 5. The zero-order valence-electron chi connectivity index (χ0n) is 10.5. The molecular weight excluding hydrogens is 232 g/mol. The minimum atomic E-state index is -1.18. The van der Waals surface area contributed by atoms with Crippen molar-refractivity contribution in [3.8, 4) is 5.75 Å². The van der Waals surface area contributed by atoms with Gasteiger partial charge in [-0.05, 0) is 30.0 Å². The molecule has 4 heteroatoms. The van der Waals surface area contributed by atoms with Gasteiger partial charge in [0.2, 0.25) is 0 Å². The molecule has 1 N–H and O–H groups in total. The first-order valence-corrected chi connectivity index (χ1v) is 5.82. The van der Waals surface area contributed by atoms with Gasteiger partial charge in [0.15, 0.2) is 0 Å². The van der Waals surface area contributed by atoms with Crippen molar-refractivity contribution >= 4 is 11.9 Å². The molecule has 18 heavy (non-hydrogen) atoms. The third kappa shape index (κ3) is 3.73. The first kappa shape index (κ1) is 14.0. The largest absolute Gasteiger partial charge is 0.478 e. The van der Waals surface area contributed by atoms with E-state index in [9.17, 15) is 9.59 Å². The van der Waals surface area contributed by atoms with E-state index in [2.05, 4.69) is 0 Å². The Morgan fingerprint density at radius 1 is 1.22 bits per heavy atom. The molecule has 4 nitrogen and oxygen atoms in total. The van der Waals surface area contributed by atoms with Gasteiger partial charge in [-0.25, -0.2) is 9.59 Å². The maximum Gasteiger partial charge on any atom is 0.336 e. The van der Waals surface area contributed by atoms with Crippen LogP contribution < -0.4 is 4.74 Å². The van der Waals surface area contributed by atoms with Crippen LogP contribution in [-0.2, 0) is 22.4 Å². The molecule has 0 radical (unpaired) electrons. The molecule has 0 unspecified atom stereocenters. The summed E-state index contributed by atoms with van der Waals surface area (Å²) in [5.41, 5.74) is 2.11. The van der Waals surface area contributed by atoms with Gasteiger partial charge in [0.25, 0.3) is 0 Å². The Morgan fingerprint density at radius 3 is 2.50 bits per heavy atom. The number of hydrogen-bond acceptors (Lipinski definition) is 3. The van der Waals surface area contributed by atoms with Gasteiger partial charge >= 0.3 is 11.9 Å². The van der Waals surface area contributed by atoms with Gasteiger partial charge in [0, 0.05) is 12.2 Å². The standard InChI is InChI=1S/C14H16O4/c1-3-10-6-5-7-12(11(10)4-2)18-14(17)9-8-13(15)16/h5-9H,3-4H2,1-2H3,(H,15,16). The Labute approximate surface area is 106 Å². The number of ether oxygens (including phenoxy) is 1. The monoisotopic (exact) mass is 248 g/mol. The van der Waals surface area contributed by atoms with Gasteiger partial charge < -0.3 is 9.84 Å². The van der Waals surface area contributed by atoms with Gasteiger partial charge in [0.1, 0.15) is 5.75 Å². The van der Waals surface area contributed by atoms with E-state index in [1.807, 2.05) is 26.0 Å². The highest BCUT2D eigenvalue weighted by molar-refractivity contribution is 5.91. The van der Waals surface area contributed by atoms with E-state index in [1.54, 1.807) is 6.07 Å². The van der Waals surface area contributed by atoms with Gasteiger partial charge in [-0.3, -0.25) is 0 Å². The van der Waals surface area contributed by atoms with E-state index in [1.165, 1.54) is 0 Å². The normalized spacial score (nSPS) is 10.6. The SMILES string of the molecule is CCc1cccc(OC(=O)C=CC(=O)O)c1CC. The van der Waals surface area contributed by atoms with E-state index < -0.39 is 11.9 Å². The molecule has 0 heterocycles. The van der Waals surface area contributed by atoms with Gasteiger partial charge in [-0.1, -0.05) is 26.0 Å². The molecule has 96 valence electrons. The molecule has 0 aromatic heterocycles. The lowest BCUT2D eigenvalue weighted by molar-refractivity contribution is -0.133. The van der Waals surface area contributed by atoms with Crippen LogP contribution in [0.15, 0.2) is 30.4 Å². The van der Waals surface area contributed by atoms with Gasteiger partial charge in [0.05, 0.1) is 0 Å². The zero-order valence-corrected chi connectivity index (χ0v) is 10.5. The maximum absolute atomic E-state index is 11.4. The minimum Gasteiger partial charge on any atom is -0.478 e. The van der Waals surface area contributed by atoms with Crippen LogP contribution in [-0.4, -0.2) is 17.0 Å². The summed E-state index contributed by atoms with van der Waals surface area (Å²) in [6.45, 7) is 4.02. The van der Waals surface area contributed by atoms with Crippen molar-refractivity contribution in [3.05, 3.63) is 41.5 Å². The Hall–Kier alpha value is -2.10. The molecule has 0 atom stereocenters. The second-order valence-electron chi connectivity index (χ2n) is 3.69.